The second-order valence-corrected chi connectivity index (χ2v) is 8.27. The van der Waals surface area contributed by atoms with Gasteiger partial charge in [-0.25, -0.2) is 9.78 Å². The summed E-state index contributed by atoms with van der Waals surface area (Å²) in [5, 5.41) is 10.3. The van der Waals surface area contributed by atoms with Gasteiger partial charge in [-0.3, -0.25) is 0 Å². The predicted molar refractivity (Wildman–Crippen MR) is 134 cm³/mol. The molecule has 0 aliphatic heterocycles. The molecule has 1 aromatic heterocycles. The van der Waals surface area contributed by atoms with Gasteiger partial charge in [-0.15, -0.1) is 0 Å². The standard InChI is InChI=1S/C29H28N2O5/c1-21-18-25(20-35-19-22-12-6-3-7-13-22)31-28(30-21)36-26(27(32)33)29(34-2,23-14-8-4-9-15-23)24-16-10-5-11-17-24/h3-18,26H,19-20H2,1-2H3,(H,32,33). The van der Waals surface area contributed by atoms with Crippen molar-refractivity contribution >= 4 is 5.97 Å². The number of ether oxygens (including phenoxy) is 3. The Morgan fingerprint density at radius 2 is 1.42 bits per heavy atom. The van der Waals surface area contributed by atoms with Gasteiger partial charge in [-0.1, -0.05) is 91.0 Å². The van der Waals surface area contributed by atoms with Gasteiger partial charge in [0.2, 0.25) is 6.10 Å². The zero-order valence-corrected chi connectivity index (χ0v) is 20.2. The first-order chi connectivity index (χ1) is 17.5. The third-order valence-electron chi connectivity index (χ3n) is 5.79. The van der Waals surface area contributed by atoms with Gasteiger partial charge < -0.3 is 19.3 Å². The number of hydrogen-bond acceptors (Lipinski definition) is 6. The molecule has 0 spiro atoms. The van der Waals surface area contributed by atoms with Crippen LogP contribution in [0.1, 0.15) is 28.1 Å². The van der Waals surface area contributed by atoms with E-state index in [1.807, 2.05) is 91.0 Å². The Morgan fingerprint density at radius 1 is 0.861 bits per heavy atom. The van der Waals surface area contributed by atoms with Gasteiger partial charge in [0.1, 0.15) is 0 Å². The van der Waals surface area contributed by atoms with Crippen molar-refractivity contribution in [1.29, 1.82) is 0 Å². The Morgan fingerprint density at radius 3 is 1.94 bits per heavy atom. The van der Waals surface area contributed by atoms with Crippen LogP contribution in [0.3, 0.4) is 0 Å². The molecule has 4 rings (SSSR count). The highest BCUT2D eigenvalue weighted by Crippen LogP contribution is 2.38. The van der Waals surface area contributed by atoms with Gasteiger partial charge in [-0.2, -0.15) is 4.98 Å². The Balaban J connectivity index is 1.66. The molecular weight excluding hydrogens is 456 g/mol. The smallest absolute Gasteiger partial charge is 0.348 e. The molecule has 1 atom stereocenters. The number of benzene rings is 3. The van der Waals surface area contributed by atoms with Gasteiger partial charge >= 0.3 is 12.0 Å². The van der Waals surface area contributed by atoms with Crippen LogP contribution in [0.2, 0.25) is 0 Å². The number of carboxylic acid groups (broad SMARTS) is 1. The SMILES string of the molecule is COC(c1ccccc1)(c1ccccc1)C(Oc1nc(C)cc(COCc2ccccc2)n1)C(=O)O. The first kappa shape index (κ1) is 25.0. The number of aryl methyl sites for hydroxylation is 1. The second kappa shape index (κ2) is 11.6. The minimum atomic E-state index is -1.48. The third-order valence-corrected chi connectivity index (χ3v) is 5.79. The van der Waals surface area contributed by atoms with Crippen molar-refractivity contribution in [2.45, 2.75) is 31.8 Å². The fraction of sp³-hybridized carbons (Fsp3) is 0.207. The largest absolute Gasteiger partial charge is 0.478 e. The first-order valence-electron chi connectivity index (χ1n) is 11.5. The van der Waals surface area contributed by atoms with Gasteiger partial charge in [0.05, 0.1) is 18.9 Å². The molecule has 0 amide bonds. The molecular formula is C29H28N2O5. The number of aromatic nitrogens is 2. The van der Waals surface area contributed by atoms with E-state index in [2.05, 4.69) is 9.97 Å². The lowest BCUT2D eigenvalue weighted by Crippen LogP contribution is -2.50. The maximum atomic E-state index is 12.7. The van der Waals surface area contributed by atoms with E-state index in [9.17, 15) is 9.90 Å². The van der Waals surface area contributed by atoms with Crippen molar-refractivity contribution in [3.8, 4) is 6.01 Å². The number of rotatable bonds is 11. The Hall–Kier alpha value is -4.07. The van der Waals surface area contributed by atoms with Crippen molar-refractivity contribution < 1.29 is 24.1 Å². The maximum Gasteiger partial charge on any atom is 0.348 e. The summed E-state index contributed by atoms with van der Waals surface area (Å²) >= 11 is 0. The molecule has 0 aliphatic carbocycles. The van der Waals surface area contributed by atoms with Crippen molar-refractivity contribution in [1.82, 2.24) is 9.97 Å². The summed E-state index contributed by atoms with van der Waals surface area (Å²) in [5.74, 6) is -1.21. The zero-order valence-electron chi connectivity index (χ0n) is 20.2. The molecule has 4 aromatic rings. The molecule has 7 nitrogen and oxygen atoms in total. The van der Waals surface area contributed by atoms with Crippen molar-refractivity contribution in [3.05, 3.63) is 125 Å². The van der Waals surface area contributed by atoms with Crippen LogP contribution in [0.15, 0.2) is 97.1 Å². The van der Waals surface area contributed by atoms with Gasteiger partial charge in [-0.05, 0) is 29.7 Å². The fourth-order valence-electron chi connectivity index (χ4n) is 4.18. The van der Waals surface area contributed by atoms with E-state index in [1.54, 1.807) is 13.0 Å². The Bertz CT molecular complexity index is 1230. The zero-order chi connectivity index (χ0) is 25.4. The van der Waals surface area contributed by atoms with E-state index in [0.29, 0.717) is 29.1 Å². The molecule has 1 heterocycles. The van der Waals surface area contributed by atoms with Gasteiger partial charge in [0.25, 0.3) is 0 Å². The van der Waals surface area contributed by atoms with Crippen LogP contribution in [0.4, 0.5) is 0 Å². The summed E-state index contributed by atoms with van der Waals surface area (Å²) < 4.78 is 17.8. The topological polar surface area (TPSA) is 90.8 Å². The summed E-state index contributed by atoms with van der Waals surface area (Å²) in [4.78, 5) is 21.5. The Kier molecular flexibility index (Phi) is 8.05. The first-order valence-corrected chi connectivity index (χ1v) is 11.5. The highest BCUT2D eigenvalue weighted by Gasteiger charge is 2.49. The van der Waals surface area contributed by atoms with E-state index in [-0.39, 0.29) is 12.6 Å². The van der Waals surface area contributed by atoms with Crippen LogP contribution in [-0.2, 0) is 33.1 Å². The van der Waals surface area contributed by atoms with E-state index in [4.69, 9.17) is 14.2 Å². The maximum absolute atomic E-state index is 12.7. The molecule has 184 valence electrons. The van der Waals surface area contributed by atoms with E-state index < -0.39 is 17.7 Å². The lowest BCUT2D eigenvalue weighted by atomic mass is 9.81. The minimum Gasteiger partial charge on any atom is -0.478 e. The summed E-state index contributed by atoms with van der Waals surface area (Å²) in [5.41, 5.74) is 2.06. The number of aliphatic carboxylic acids is 1. The molecule has 36 heavy (non-hydrogen) atoms. The van der Waals surface area contributed by atoms with Crippen LogP contribution in [-0.4, -0.2) is 34.3 Å². The van der Waals surface area contributed by atoms with E-state index in [1.165, 1.54) is 7.11 Å². The molecule has 3 aromatic carbocycles. The van der Waals surface area contributed by atoms with Crippen LogP contribution in [0.5, 0.6) is 6.01 Å². The number of methoxy groups -OCH3 is 1. The predicted octanol–water partition coefficient (Wildman–Crippen LogP) is 4.92. The van der Waals surface area contributed by atoms with Crippen LogP contribution >= 0.6 is 0 Å². The van der Waals surface area contributed by atoms with Crippen LogP contribution in [0.25, 0.3) is 0 Å². The summed E-state index contributed by atoms with van der Waals surface area (Å²) in [7, 11) is 1.47. The van der Waals surface area contributed by atoms with Gasteiger partial charge in [0, 0.05) is 12.8 Å². The molecule has 1 unspecified atom stereocenters. The van der Waals surface area contributed by atoms with Crippen molar-refractivity contribution in [2.24, 2.45) is 0 Å². The quantitative estimate of drug-likeness (QED) is 0.323. The Labute approximate surface area is 210 Å². The molecule has 0 saturated carbocycles. The van der Waals surface area contributed by atoms with E-state index >= 15 is 0 Å². The average molecular weight is 485 g/mol. The number of carbonyl (C=O) groups is 1. The third kappa shape index (κ3) is 5.59. The molecule has 0 bridgehead atoms. The van der Waals surface area contributed by atoms with E-state index in [0.717, 1.165) is 5.56 Å². The number of carboxylic acids is 1. The lowest BCUT2D eigenvalue weighted by Gasteiger charge is -2.37. The number of nitrogens with zero attached hydrogens (tertiary/aromatic N) is 2. The summed E-state index contributed by atoms with van der Waals surface area (Å²) in [6.07, 6.45) is -1.48. The lowest BCUT2D eigenvalue weighted by molar-refractivity contribution is -0.160. The van der Waals surface area contributed by atoms with Crippen LogP contribution in [0, 0.1) is 6.92 Å². The highest BCUT2D eigenvalue weighted by atomic mass is 16.6. The van der Waals surface area contributed by atoms with Crippen molar-refractivity contribution in [3.63, 3.8) is 0 Å². The highest BCUT2D eigenvalue weighted by molar-refractivity contribution is 5.76. The van der Waals surface area contributed by atoms with Crippen molar-refractivity contribution in [2.75, 3.05) is 7.11 Å². The second-order valence-electron chi connectivity index (χ2n) is 8.27. The number of hydrogen-bond donors (Lipinski definition) is 1. The summed E-state index contributed by atoms with van der Waals surface area (Å²) in [6.45, 7) is 2.44. The van der Waals surface area contributed by atoms with Crippen LogP contribution < -0.4 is 4.74 Å². The average Bonchev–Trinajstić information content (AvgIpc) is 2.90. The molecule has 1 N–H and O–H groups in total. The minimum absolute atomic E-state index is 0.0611. The fourth-order valence-corrected chi connectivity index (χ4v) is 4.18. The molecule has 7 heteroatoms. The monoisotopic (exact) mass is 484 g/mol. The normalized spacial score (nSPS) is 12.2. The molecule has 0 radical (unpaired) electrons. The molecule has 0 saturated heterocycles. The summed E-state index contributed by atoms with van der Waals surface area (Å²) in [6, 6.07) is 29.8. The van der Waals surface area contributed by atoms with Gasteiger partial charge in [0.15, 0.2) is 5.60 Å². The molecule has 0 aliphatic rings. The molecule has 0 fully saturated rings.